The van der Waals surface area contributed by atoms with Gasteiger partial charge in [-0.2, -0.15) is 0 Å². The smallest absolute Gasteiger partial charge is 0.109 e. The molecular weight excluding hydrogens is 177 g/mol. The lowest BCUT2D eigenvalue weighted by Crippen LogP contribution is -2.11. The summed E-state index contributed by atoms with van der Waals surface area (Å²) in [6.07, 6.45) is 0. The zero-order valence-corrected chi connectivity index (χ0v) is 7.77. The van der Waals surface area contributed by atoms with E-state index in [2.05, 4.69) is 0 Å². The molecule has 0 heterocycles. The van der Waals surface area contributed by atoms with Gasteiger partial charge in [-0.1, -0.05) is 29.8 Å². The summed E-state index contributed by atoms with van der Waals surface area (Å²) >= 11 is 0. The highest BCUT2D eigenvalue weighted by atomic mass is 35.5. The maximum atomic E-state index is 12.1. The molecule has 1 nitrogen and oxygen atoms in total. The van der Waals surface area contributed by atoms with E-state index in [0.717, 1.165) is 11.1 Å². The Kier molecular flexibility index (Phi) is 4.86. The van der Waals surface area contributed by atoms with Crippen LogP contribution in [0.2, 0.25) is 0 Å². The highest BCUT2D eigenvalue weighted by Crippen LogP contribution is 2.11. The average molecular weight is 190 g/mol. The molecule has 0 unspecified atom stereocenters. The van der Waals surface area contributed by atoms with Gasteiger partial charge in [0.05, 0.1) is 6.04 Å². The van der Waals surface area contributed by atoms with Crippen LogP contribution in [0.1, 0.15) is 17.2 Å². The van der Waals surface area contributed by atoms with E-state index in [-0.39, 0.29) is 12.4 Å². The second kappa shape index (κ2) is 5.12. The van der Waals surface area contributed by atoms with Gasteiger partial charge >= 0.3 is 0 Å². The van der Waals surface area contributed by atoms with E-state index in [1.807, 2.05) is 31.2 Å². The Labute approximate surface area is 78.2 Å². The van der Waals surface area contributed by atoms with Crippen LogP contribution in [0.5, 0.6) is 0 Å². The first-order valence-electron chi connectivity index (χ1n) is 3.62. The Morgan fingerprint density at radius 3 is 2.67 bits per heavy atom. The molecule has 1 atom stereocenters. The molecule has 2 N–H and O–H groups in total. The van der Waals surface area contributed by atoms with Gasteiger partial charge < -0.3 is 5.73 Å². The lowest BCUT2D eigenvalue weighted by atomic mass is 10.1. The summed E-state index contributed by atoms with van der Waals surface area (Å²) in [7, 11) is 0. The minimum absolute atomic E-state index is 0. The van der Waals surface area contributed by atoms with Gasteiger partial charge in [0.2, 0.25) is 0 Å². The van der Waals surface area contributed by atoms with Gasteiger partial charge in [0.15, 0.2) is 0 Å². The van der Waals surface area contributed by atoms with Crippen molar-refractivity contribution in [3.63, 3.8) is 0 Å². The topological polar surface area (TPSA) is 26.0 Å². The molecule has 1 rings (SSSR count). The Morgan fingerprint density at radius 2 is 2.17 bits per heavy atom. The molecule has 0 aliphatic rings. The molecule has 0 saturated heterocycles. The molecule has 3 heteroatoms. The van der Waals surface area contributed by atoms with Crippen LogP contribution in [-0.4, -0.2) is 6.67 Å². The molecule has 1 aromatic rings. The van der Waals surface area contributed by atoms with Crippen LogP contribution in [0.15, 0.2) is 24.3 Å². The average Bonchev–Trinajstić information content (AvgIpc) is 2.03. The number of benzene rings is 1. The van der Waals surface area contributed by atoms with Gasteiger partial charge in [0.1, 0.15) is 6.67 Å². The van der Waals surface area contributed by atoms with Crippen molar-refractivity contribution in [1.82, 2.24) is 0 Å². The van der Waals surface area contributed by atoms with Crippen LogP contribution in [0.3, 0.4) is 0 Å². The van der Waals surface area contributed by atoms with E-state index in [4.69, 9.17) is 5.73 Å². The van der Waals surface area contributed by atoms with Crippen molar-refractivity contribution in [2.24, 2.45) is 5.73 Å². The number of halogens is 2. The number of rotatable bonds is 2. The third-order valence-corrected chi connectivity index (χ3v) is 1.64. The van der Waals surface area contributed by atoms with Crippen LogP contribution in [-0.2, 0) is 0 Å². The van der Waals surface area contributed by atoms with E-state index in [1.54, 1.807) is 0 Å². The second-order valence-corrected chi connectivity index (χ2v) is 2.67. The van der Waals surface area contributed by atoms with E-state index in [1.165, 1.54) is 0 Å². The molecule has 0 radical (unpaired) electrons. The maximum Gasteiger partial charge on any atom is 0.109 e. The van der Waals surface area contributed by atoms with Crippen LogP contribution >= 0.6 is 12.4 Å². The third kappa shape index (κ3) is 2.80. The van der Waals surface area contributed by atoms with Crippen LogP contribution < -0.4 is 5.73 Å². The first-order chi connectivity index (χ1) is 5.24. The summed E-state index contributed by atoms with van der Waals surface area (Å²) in [5, 5.41) is 0. The SMILES string of the molecule is Cc1cccc([C@H](N)CF)c1.Cl. The Bertz CT molecular complexity index is 240. The van der Waals surface area contributed by atoms with Crippen molar-refractivity contribution in [1.29, 1.82) is 0 Å². The highest BCUT2D eigenvalue weighted by Gasteiger charge is 2.03. The second-order valence-electron chi connectivity index (χ2n) is 2.67. The summed E-state index contributed by atoms with van der Waals surface area (Å²) in [4.78, 5) is 0. The van der Waals surface area contributed by atoms with E-state index in [0.29, 0.717) is 0 Å². The lowest BCUT2D eigenvalue weighted by molar-refractivity contribution is 0.437. The molecule has 0 amide bonds. The summed E-state index contributed by atoms with van der Waals surface area (Å²) in [5.74, 6) is 0. The largest absolute Gasteiger partial charge is 0.322 e. The molecule has 1 aromatic carbocycles. The molecule has 0 saturated carbocycles. The van der Waals surface area contributed by atoms with Gasteiger partial charge in [-0.3, -0.25) is 0 Å². The summed E-state index contributed by atoms with van der Waals surface area (Å²) in [6.45, 7) is 1.47. The fourth-order valence-corrected chi connectivity index (χ4v) is 0.990. The molecule has 0 aromatic heterocycles. The number of alkyl halides is 1. The predicted octanol–water partition coefficient (Wildman–Crippen LogP) is 2.39. The van der Waals surface area contributed by atoms with E-state index < -0.39 is 12.7 Å². The predicted molar refractivity (Wildman–Crippen MR) is 51.3 cm³/mol. The zero-order chi connectivity index (χ0) is 8.27. The number of aryl methyl sites for hydroxylation is 1. The van der Waals surface area contributed by atoms with Crippen molar-refractivity contribution in [2.45, 2.75) is 13.0 Å². The number of nitrogens with two attached hydrogens (primary N) is 1. The van der Waals surface area contributed by atoms with Gasteiger partial charge in [-0.05, 0) is 12.5 Å². The van der Waals surface area contributed by atoms with E-state index >= 15 is 0 Å². The molecule has 0 aliphatic carbocycles. The third-order valence-electron chi connectivity index (χ3n) is 1.64. The van der Waals surface area contributed by atoms with Crippen LogP contribution in [0, 0.1) is 6.92 Å². The molecular formula is C9H13ClFN. The fraction of sp³-hybridized carbons (Fsp3) is 0.333. The minimum Gasteiger partial charge on any atom is -0.322 e. The van der Waals surface area contributed by atoms with Crippen LogP contribution in [0.4, 0.5) is 4.39 Å². The first kappa shape index (κ1) is 11.4. The first-order valence-corrected chi connectivity index (χ1v) is 3.62. The molecule has 0 spiro atoms. The standard InChI is InChI=1S/C9H12FN.ClH/c1-7-3-2-4-8(5-7)9(11)6-10;/h2-5,9H,6,11H2,1H3;1H/t9-;/m1./s1. The molecule has 0 fully saturated rings. The normalized spacial score (nSPS) is 11.9. The fourth-order valence-electron chi connectivity index (χ4n) is 0.990. The minimum atomic E-state index is -0.497. The molecule has 0 aliphatic heterocycles. The summed E-state index contributed by atoms with van der Waals surface area (Å²) in [5.41, 5.74) is 7.47. The Hall–Kier alpha value is -0.600. The van der Waals surface area contributed by atoms with Crippen molar-refractivity contribution in [3.05, 3.63) is 35.4 Å². The van der Waals surface area contributed by atoms with Gasteiger partial charge in [0, 0.05) is 0 Å². The molecule has 12 heavy (non-hydrogen) atoms. The quantitative estimate of drug-likeness (QED) is 0.760. The Balaban J connectivity index is 0.00000121. The zero-order valence-electron chi connectivity index (χ0n) is 6.96. The van der Waals surface area contributed by atoms with Crippen molar-refractivity contribution in [3.8, 4) is 0 Å². The van der Waals surface area contributed by atoms with Crippen molar-refractivity contribution >= 4 is 12.4 Å². The summed E-state index contributed by atoms with van der Waals surface area (Å²) < 4.78 is 12.1. The van der Waals surface area contributed by atoms with Gasteiger partial charge in [0.25, 0.3) is 0 Å². The molecule has 68 valence electrons. The van der Waals surface area contributed by atoms with Gasteiger partial charge in [-0.15, -0.1) is 12.4 Å². The number of hydrogen-bond donors (Lipinski definition) is 1. The molecule has 0 bridgehead atoms. The van der Waals surface area contributed by atoms with Crippen molar-refractivity contribution in [2.75, 3.05) is 6.67 Å². The lowest BCUT2D eigenvalue weighted by Gasteiger charge is -2.06. The number of hydrogen-bond acceptors (Lipinski definition) is 1. The van der Waals surface area contributed by atoms with E-state index in [9.17, 15) is 4.39 Å². The Morgan fingerprint density at radius 1 is 1.50 bits per heavy atom. The van der Waals surface area contributed by atoms with Crippen LogP contribution in [0.25, 0.3) is 0 Å². The van der Waals surface area contributed by atoms with Gasteiger partial charge in [-0.25, -0.2) is 4.39 Å². The monoisotopic (exact) mass is 189 g/mol. The summed E-state index contributed by atoms with van der Waals surface area (Å²) in [6, 6.07) is 7.14. The highest BCUT2D eigenvalue weighted by molar-refractivity contribution is 5.85. The maximum absolute atomic E-state index is 12.1. The van der Waals surface area contributed by atoms with Crippen molar-refractivity contribution < 1.29 is 4.39 Å².